The number of H-pyrrole nitrogens is 1. The number of rotatable bonds is 3. The van der Waals surface area contributed by atoms with Gasteiger partial charge in [-0.3, -0.25) is 4.99 Å². The predicted molar refractivity (Wildman–Crippen MR) is 107 cm³/mol. The Bertz CT molecular complexity index is 1090. The quantitative estimate of drug-likeness (QED) is 0.747. The van der Waals surface area contributed by atoms with Gasteiger partial charge in [0, 0.05) is 11.7 Å². The van der Waals surface area contributed by atoms with E-state index in [2.05, 4.69) is 38.9 Å². The molecule has 1 atom stereocenters. The monoisotopic (exact) mass is 356 g/mol. The second-order valence-electron chi connectivity index (χ2n) is 6.79. The molecule has 134 valence electrons. The van der Waals surface area contributed by atoms with Crippen LogP contribution < -0.4 is 10.2 Å². The summed E-state index contributed by atoms with van der Waals surface area (Å²) in [7, 11) is 0. The van der Waals surface area contributed by atoms with Crippen LogP contribution in [0.2, 0.25) is 0 Å². The van der Waals surface area contributed by atoms with Crippen LogP contribution in [0.5, 0.6) is 0 Å². The predicted octanol–water partition coefficient (Wildman–Crippen LogP) is 3.86. The molecule has 4 rings (SSSR count). The zero-order chi connectivity index (χ0) is 19.0. The smallest absolute Gasteiger partial charge is 0.130 e. The van der Waals surface area contributed by atoms with Crippen LogP contribution in [0.1, 0.15) is 31.0 Å². The third kappa shape index (κ3) is 3.04. The molecule has 0 saturated carbocycles. The molecular weight excluding hydrogens is 336 g/mol. The van der Waals surface area contributed by atoms with Gasteiger partial charge in [0.1, 0.15) is 17.7 Å². The molecule has 1 fully saturated rings. The maximum Gasteiger partial charge on any atom is 0.130 e. The van der Waals surface area contributed by atoms with Gasteiger partial charge in [0.15, 0.2) is 0 Å². The van der Waals surface area contributed by atoms with Crippen molar-refractivity contribution < 1.29 is 0 Å². The molecule has 6 heteroatoms. The molecule has 1 saturated heterocycles. The van der Waals surface area contributed by atoms with E-state index in [0.717, 1.165) is 33.9 Å². The number of nitriles is 1. The number of nitrogens with one attached hydrogen (secondary N) is 2. The minimum Gasteiger partial charge on any atom is -0.345 e. The number of aliphatic imine (C=N–C) groups is 1. The summed E-state index contributed by atoms with van der Waals surface area (Å²) in [5, 5.41) is 12.6. The minimum absolute atomic E-state index is 0.136. The third-order valence-electron chi connectivity index (χ3n) is 4.49. The SMILES string of the molecule is C=C1NC(=NC(C)C)C(c2cccc(C#N)c2)N1c1ccc2nc[nH]c2c1. The first-order valence-corrected chi connectivity index (χ1v) is 8.83. The van der Waals surface area contributed by atoms with Crippen LogP contribution >= 0.6 is 0 Å². The number of benzene rings is 2. The van der Waals surface area contributed by atoms with Crippen molar-refractivity contribution in [1.29, 1.82) is 5.26 Å². The molecule has 0 aliphatic carbocycles. The number of amidine groups is 1. The Labute approximate surface area is 157 Å². The zero-order valence-corrected chi connectivity index (χ0v) is 15.3. The summed E-state index contributed by atoms with van der Waals surface area (Å²) >= 11 is 0. The Morgan fingerprint density at radius 3 is 2.89 bits per heavy atom. The van der Waals surface area contributed by atoms with Crippen molar-refractivity contribution in [2.75, 3.05) is 4.90 Å². The van der Waals surface area contributed by atoms with Crippen molar-refractivity contribution in [3.8, 4) is 6.07 Å². The lowest BCUT2D eigenvalue weighted by atomic mass is 10.0. The van der Waals surface area contributed by atoms with E-state index >= 15 is 0 Å². The topological polar surface area (TPSA) is 80.1 Å². The van der Waals surface area contributed by atoms with Gasteiger partial charge in [-0.05, 0) is 49.7 Å². The van der Waals surface area contributed by atoms with E-state index in [9.17, 15) is 5.26 Å². The summed E-state index contributed by atoms with van der Waals surface area (Å²) in [4.78, 5) is 14.3. The van der Waals surface area contributed by atoms with E-state index in [0.29, 0.717) is 5.56 Å². The lowest BCUT2D eigenvalue weighted by molar-refractivity contribution is 0.813. The molecule has 2 N–H and O–H groups in total. The van der Waals surface area contributed by atoms with Gasteiger partial charge < -0.3 is 15.2 Å². The molecule has 2 heterocycles. The highest BCUT2D eigenvalue weighted by atomic mass is 15.4. The second kappa shape index (κ2) is 6.61. The number of hydrogen-bond acceptors (Lipinski definition) is 4. The van der Waals surface area contributed by atoms with Gasteiger partial charge in [-0.1, -0.05) is 18.7 Å². The van der Waals surface area contributed by atoms with Crippen LogP contribution in [0.25, 0.3) is 11.0 Å². The van der Waals surface area contributed by atoms with Crippen molar-refractivity contribution in [1.82, 2.24) is 15.3 Å². The summed E-state index contributed by atoms with van der Waals surface area (Å²) in [6.07, 6.45) is 1.69. The van der Waals surface area contributed by atoms with E-state index < -0.39 is 0 Å². The van der Waals surface area contributed by atoms with Crippen molar-refractivity contribution in [3.63, 3.8) is 0 Å². The van der Waals surface area contributed by atoms with Crippen LogP contribution in [0.4, 0.5) is 5.69 Å². The average molecular weight is 356 g/mol. The highest BCUT2D eigenvalue weighted by Gasteiger charge is 2.35. The van der Waals surface area contributed by atoms with Gasteiger partial charge in [0.2, 0.25) is 0 Å². The molecular formula is C21H20N6. The number of imidazole rings is 1. The van der Waals surface area contributed by atoms with Crippen LogP contribution in [0.15, 0.2) is 66.2 Å². The number of aromatic amines is 1. The Balaban J connectivity index is 1.86. The van der Waals surface area contributed by atoms with Crippen LogP contribution in [0, 0.1) is 11.3 Å². The van der Waals surface area contributed by atoms with E-state index in [4.69, 9.17) is 4.99 Å². The molecule has 27 heavy (non-hydrogen) atoms. The van der Waals surface area contributed by atoms with Gasteiger partial charge >= 0.3 is 0 Å². The molecule has 0 radical (unpaired) electrons. The van der Waals surface area contributed by atoms with Crippen LogP contribution in [-0.4, -0.2) is 21.8 Å². The fraction of sp³-hybridized carbons (Fsp3) is 0.190. The lowest BCUT2D eigenvalue weighted by Crippen LogP contribution is -2.25. The summed E-state index contributed by atoms with van der Waals surface area (Å²) in [6.45, 7) is 8.28. The van der Waals surface area contributed by atoms with E-state index in [1.54, 1.807) is 12.4 Å². The van der Waals surface area contributed by atoms with Crippen molar-refractivity contribution in [2.24, 2.45) is 4.99 Å². The largest absolute Gasteiger partial charge is 0.345 e. The highest BCUT2D eigenvalue weighted by molar-refractivity contribution is 5.98. The van der Waals surface area contributed by atoms with Gasteiger partial charge in [-0.15, -0.1) is 0 Å². The molecule has 0 amide bonds. The zero-order valence-electron chi connectivity index (χ0n) is 15.3. The molecule has 6 nitrogen and oxygen atoms in total. The summed E-state index contributed by atoms with van der Waals surface area (Å²) < 4.78 is 0. The average Bonchev–Trinajstić information content (AvgIpc) is 3.24. The summed E-state index contributed by atoms with van der Waals surface area (Å²) in [6, 6.07) is 15.9. The summed E-state index contributed by atoms with van der Waals surface area (Å²) in [5.74, 6) is 1.58. The van der Waals surface area contributed by atoms with Gasteiger partial charge in [-0.2, -0.15) is 5.26 Å². The second-order valence-corrected chi connectivity index (χ2v) is 6.79. The van der Waals surface area contributed by atoms with E-state index in [-0.39, 0.29) is 12.1 Å². The number of nitrogens with zero attached hydrogens (tertiary/aromatic N) is 4. The molecule has 1 aromatic heterocycles. The fourth-order valence-electron chi connectivity index (χ4n) is 3.40. The van der Waals surface area contributed by atoms with Gasteiger partial charge in [-0.25, -0.2) is 4.98 Å². The molecule has 1 unspecified atom stereocenters. The third-order valence-corrected chi connectivity index (χ3v) is 4.49. The molecule has 1 aliphatic heterocycles. The molecule has 0 spiro atoms. The van der Waals surface area contributed by atoms with E-state index in [1.165, 1.54) is 0 Å². The molecule has 3 aromatic rings. The van der Waals surface area contributed by atoms with E-state index in [1.807, 2.05) is 44.2 Å². The fourth-order valence-corrected chi connectivity index (χ4v) is 3.40. The summed E-state index contributed by atoms with van der Waals surface area (Å²) in [5.41, 5.74) is 4.46. The van der Waals surface area contributed by atoms with Gasteiger partial charge in [0.05, 0.1) is 29.0 Å². The Hall–Kier alpha value is -3.59. The Kier molecular flexibility index (Phi) is 4.13. The lowest BCUT2D eigenvalue weighted by Gasteiger charge is -2.26. The Morgan fingerprint density at radius 1 is 1.26 bits per heavy atom. The highest BCUT2D eigenvalue weighted by Crippen LogP contribution is 2.36. The van der Waals surface area contributed by atoms with Crippen molar-refractivity contribution in [2.45, 2.75) is 25.9 Å². The first kappa shape index (κ1) is 16.9. The van der Waals surface area contributed by atoms with Crippen LogP contribution in [-0.2, 0) is 0 Å². The molecule has 1 aliphatic rings. The maximum atomic E-state index is 9.31. The van der Waals surface area contributed by atoms with Crippen molar-refractivity contribution >= 4 is 22.6 Å². The number of aromatic nitrogens is 2. The maximum absolute atomic E-state index is 9.31. The molecule has 2 aromatic carbocycles. The number of hydrogen-bond donors (Lipinski definition) is 2. The van der Waals surface area contributed by atoms with Crippen molar-refractivity contribution in [3.05, 3.63) is 72.3 Å². The number of anilines is 1. The first-order chi connectivity index (χ1) is 13.1. The van der Waals surface area contributed by atoms with Gasteiger partial charge in [0.25, 0.3) is 0 Å². The minimum atomic E-state index is -0.173. The standard InChI is InChI=1S/C21H20N6/c1-13(2)25-21-20(16-6-4-5-15(9-16)11-22)27(14(3)26-21)17-7-8-18-19(10-17)24-12-23-18/h4-10,12-13,20H,3H2,1-2H3,(H,23,24)(H,25,26). The number of fused-ring (bicyclic) bond motifs is 1. The first-order valence-electron chi connectivity index (χ1n) is 8.83. The Morgan fingerprint density at radius 2 is 2.11 bits per heavy atom. The normalized spacial score (nSPS) is 18.3. The van der Waals surface area contributed by atoms with Crippen LogP contribution in [0.3, 0.4) is 0 Å². The molecule has 0 bridgehead atoms.